The molecule has 2 N–H and O–H groups in total. The molecule has 0 saturated heterocycles. The van der Waals surface area contributed by atoms with E-state index in [1.54, 1.807) is 6.92 Å². The van der Waals surface area contributed by atoms with E-state index in [1.807, 2.05) is 0 Å². The largest absolute Gasteiger partial charge is 0.482 e. The summed E-state index contributed by atoms with van der Waals surface area (Å²) in [4.78, 5) is 13.1. The Kier molecular flexibility index (Phi) is 6.62. The van der Waals surface area contributed by atoms with E-state index in [9.17, 15) is 22.4 Å². The van der Waals surface area contributed by atoms with Gasteiger partial charge >= 0.3 is 12.2 Å². The number of hydrogen-bond donors (Lipinski definition) is 2. The fourth-order valence-electron chi connectivity index (χ4n) is 1.58. The highest BCUT2D eigenvalue weighted by Crippen LogP contribution is 2.27. The number of benzene rings is 1. The number of carbonyl (C=O) groups excluding carboxylic acids is 1. The molecule has 23 heavy (non-hydrogen) atoms. The molecule has 0 fully saturated rings. The van der Waals surface area contributed by atoms with Crippen LogP contribution in [-0.2, 0) is 0 Å². The number of halogens is 4. The Morgan fingerprint density at radius 3 is 2.65 bits per heavy atom. The van der Waals surface area contributed by atoms with Crippen molar-refractivity contribution in [1.29, 1.82) is 0 Å². The second-order valence-corrected chi connectivity index (χ2v) is 5.03. The number of amides is 2. The predicted octanol–water partition coefficient (Wildman–Crippen LogP) is 3.00. The van der Waals surface area contributed by atoms with Gasteiger partial charge in [-0.2, -0.15) is 13.2 Å². The number of nitrogens with zero attached hydrogens (tertiary/aromatic N) is 1. The molecule has 130 valence electrons. The van der Waals surface area contributed by atoms with Crippen molar-refractivity contribution >= 4 is 11.7 Å². The van der Waals surface area contributed by atoms with E-state index in [4.69, 9.17) is 5.11 Å². The van der Waals surface area contributed by atoms with Gasteiger partial charge in [-0.1, -0.05) is 0 Å². The van der Waals surface area contributed by atoms with Crippen LogP contribution in [0.3, 0.4) is 0 Å². The van der Waals surface area contributed by atoms with E-state index < -0.39 is 30.7 Å². The first-order valence-corrected chi connectivity index (χ1v) is 6.78. The Hall–Kier alpha value is -2.03. The van der Waals surface area contributed by atoms with Crippen LogP contribution in [0.25, 0.3) is 0 Å². The smallest absolute Gasteiger partial charge is 0.422 e. The Morgan fingerprint density at radius 1 is 1.43 bits per heavy atom. The molecule has 0 radical (unpaired) electrons. The lowest BCUT2D eigenvalue weighted by atomic mass is 10.2. The third kappa shape index (κ3) is 7.18. The Bertz CT molecular complexity index is 535. The zero-order valence-electron chi connectivity index (χ0n) is 12.7. The standard InChI is InChI=1S/C14H18F4N2O3/c1-9(21)5-6-20(2)13(22)19-11-7-10(15)3-4-12(11)23-8-14(16,17)18/h3-4,7,9,21H,5-6,8H2,1-2H3,(H,19,22). The highest BCUT2D eigenvalue weighted by atomic mass is 19.4. The maximum atomic E-state index is 13.3. The second kappa shape index (κ2) is 8.00. The summed E-state index contributed by atoms with van der Waals surface area (Å²) in [5, 5.41) is 11.4. The molecule has 0 aliphatic rings. The minimum atomic E-state index is -4.55. The van der Waals surface area contributed by atoms with Crippen molar-refractivity contribution in [1.82, 2.24) is 4.90 Å². The normalized spacial score (nSPS) is 12.7. The summed E-state index contributed by atoms with van der Waals surface area (Å²) in [6, 6.07) is 2.14. The molecule has 0 heterocycles. The third-order valence-corrected chi connectivity index (χ3v) is 2.80. The van der Waals surface area contributed by atoms with Crippen LogP contribution in [0.4, 0.5) is 28.0 Å². The number of nitrogens with one attached hydrogen (secondary N) is 1. The summed E-state index contributed by atoms with van der Waals surface area (Å²) in [5.74, 6) is -1.02. The van der Waals surface area contributed by atoms with Gasteiger partial charge in [-0.3, -0.25) is 0 Å². The number of ether oxygens (including phenoxy) is 1. The second-order valence-electron chi connectivity index (χ2n) is 5.03. The fraction of sp³-hybridized carbons (Fsp3) is 0.500. The topological polar surface area (TPSA) is 61.8 Å². The average Bonchev–Trinajstić information content (AvgIpc) is 2.42. The SMILES string of the molecule is CC(O)CCN(C)C(=O)Nc1cc(F)ccc1OCC(F)(F)F. The van der Waals surface area contributed by atoms with Gasteiger partial charge in [0, 0.05) is 19.7 Å². The Morgan fingerprint density at radius 2 is 2.09 bits per heavy atom. The maximum absolute atomic E-state index is 13.3. The van der Waals surface area contributed by atoms with Gasteiger partial charge in [0.15, 0.2) is 6.61 Å². The van der Waals surface area contributed by atoms with Crippen molar-refractivity contribution in [2.24, 2.45) is 0 Å². The van der Waals surface area contributed by atoms with Gasteiger partial charge in [0.25, 0.3) is 0 Å². The molecule has 1 aromatic carbocycles. The van der Waals surface area contributed by atoms with E-state index in [0.29, 0.717) is 6.42 Å². The number of urea groups is 1. The van der Waals surface area contributed by atoms with Crippen LogP contribution in [0, 0.1) is 5.82 Å². The molecule has 1 rings (SSSR count). The number of anilines is 1. The highest BCUT2D eigenvalue weighted by molar-refractivity contribution is 5.90. The third-order valence-electron chi connectivity index (χ3n) is 2.80. The molecule has 0 saturated carbocycles. The number of carbonyl (C=O) groups is 1. The molecular weight excluding hydrogens is 320 g/mol. The van der Waals surface area contributed by atoms with Crippen molar-refractivity contribution in [3.8, 4) is 5.75 Å². The van der Waals surface area contributed by atoms with Crippen LogP contribution in [0.15, 0.2) is 18.2 Å². The van der Waals surface area contributed by atoms with Gasteiger partial charge in [-0.05, 0) is 25.5 Å². The molecule has 2 amide bonds. The lowest BCUT2D eigenvalue weighted by Gasteiger charge is -2.20. The van der Waals surface area contributed by atoms with E-state index >= 15 is 0 Å². The first-order chi connectivity index (χ1) is 10.6. The molecule has 0 aliphatic carbocycles. The number of aliphatic hydroxyl groups is 1. The summed E-state index contributed by atoms with van der Waals surface area (Å²) in [5.41, 5.74) is -0.205. The summed E-state index contributed by atoms with van der Waals surface area (Å²) >= 11 is 0. The Balaban J connectivity index is 2.77. The maximum Gasteiger partial charge on any atom is 0.422 e. The van der Waals surface area contributed by atoms with E-state index in [-0.39, 0.29) is 18.0 Å². The van der Waals surface area contributed by atoms with Gasteiger partial charge in [0.2, 0.25) is 0 Å². The van der Waals surface area contributed by atoms with Crippen molar-refractivity contribution in [2.45, 2.75) is 25.6 Å². The summed E-state index contributed by atoms with van der Waals surface area (Å²) in [6.07, 6.45) is -4.83. The molecule has 0 bridgehead atoms. The number of aliphatic hydroxyl groups excluding tert-OH is 1. The number of hydrogen-bond acceptors (Lipinski definition) is 3. The van der Waals surface area contributed by atoms with Gasteiger partial charge in [0.05, 0.1) is 11.8 Å². The van der Waals surface area contributed by atoms with Crippen LogP contribution in [0.2, 0.25) is 0 Å². The molecule has 0 aliphatic heterocycles. The zero-order chi connectivity index (χ0) is 17.6. The molecule has 0 spiro atoms. The van der Waals surface area contributed by atoms with Gasteiger partial charge in [-0.15, -0.1) is 0 Å². The van der Waals surface area contributed by atoms with Crippen LogP contribution in [0.5, 0.6) is 5.75 Å². The highest BCUT2D eigenvalue weighted by Gasteiger charge is 2.29. The molecule has 1 unspecified atom stereocenters. The van der Waals surface area contributed by atoms with Crippen LogP contribution in [-0.4, -0.2) is 48.5 Å². The monoisotopic (exact) mass is 338 g/mol. The average molecular weight is 338 g/mol. The van der Waals surface area contributed by atoms with E-state index in [2.05, 4.69) is 10.1 Å². The summed E-state index contributed by atoms with van der Waals surface area (Å²) in [7, 11) is 1.44. The van der Waals surface area contributed by atoms with E-state index in [0.717, 1.165) is 18.2 Å². The predicted molar refractivity (Wildman–Crippen MR) is 75.9 cm³/mol. The van der Waals surface area contributed by atoms with Crippen molar-refractivity contribution in [3.05, 3.63) is 24.0 Å². The lowest BCUT2D eigenvalue weighted by molar-refractivity contribution is -0.153. The van der Waals surface area contributed by atoms with Gasteiger partial charge in [-0.25, -0.2) is 9.18 Å². The minimum absolute atomic E-state index is 0.205. The molecule has 1 aromatic rings. The van der Waals surface area contributed by atoms with Crippen molar-refractivity contribution < 1.29 is 32.2 Å². The first kappa shape index (κ1) is 19.0. The van der Waals surface area contributed by atoms with Crippen LogP contribution < -0.4 is 10.1 Å². The summed E-state index contributed by atoms with van der Waals surface area (Å²) in [6.45, 7) is 0.221. The fourth-order valence-corrected chi connectivity index (χ4v) is 1.58. The molecule has 0 aromatic heterocycles. The summed E-state index contributed by atoms with van der Waals surface area (Å²) < 4.78 is 54.4. The quantitative estimate of drug-likeness (QED) is 0.784. The van der Waals surface area contributed by atoms with E-state index in [1.165, 1.54) is 11.9 Å². The van der Waals surface area contributed by atoms with Gasteiger partial charge < -0.3 is 20.1 Å². The zero-order valence-corrected chi connectivity index (χ0v) is 12.7. The molecule has 5 nitrogen and oxygen atoms in total. The number of rotatable bonds is 6. The minimum Gasteiger partial charge on any atom is -0.482 e. The lowest BCUT2D eigenvalue weighted by Crippen LogP contribution is -2.33. The van der Waals surface area contributed by atoms with Crippen molar-refractivity contribution in [2.75, 3.05) is 25.5 Å². The van der Waals surface area contributed by atoms with Crippen molar-refractivity contribution in [3.63, 3.8) is 0 Å². The Labute approximate surface area is 130 Å². The molecule has 1 atom stereocenters. The van der Waals surface area contributed by atoms with Crippen LogP contribution in [0.1, 0.15) is 13.3 Å². The molecule has 9 heteroatoms. The molecular formula is C14H18F4N2O3. The first-order valence-electron chi connectivity index (χ1n) is 6.78. The van der Waals surface area contributed by atoms with Gasteiger partial charge in [0.1, 0.15) is 11.6 Å². The van der Waals surface area contributed by atoms with Crippen LogP contribution >= 0.6 is 0 Å². The number of alkyl halides is 3.